The molecular weight excluding hydrogens is 322 g/mol. The SMILES string of the molecule is O=C(Nc1cccc2ccccc12)N1CC[NH+](Cc2ccccc2)CC1. The fraction of sp³-hybridized carbons (Fsp3) is 0.227. The Morgan fingerprint density at radius 3 is 2.38 bits per heavy atom. The van der Waals surface area contributed by atoms with Crippen molar-refractivity contribution in [2.75, 3.05) is 31.5 Å². The van der Waals surface area contributed by atoms with Crippen LogP contribution in [-0.2, 0) is 6.54 Å². The highest BCUT2D eigenvalue weighted by atomic mass is 16.2. The quantitative estimate of drug-likeness (QED) is 0.752. The number of hydrogen-bond donors (Lipinski definition) is 2. The van der Waals surface area contributed by atoms with E-state index >= 15 is 0 Å². The number of anilines is 1. The van der Waals surface area contributed by atoms with Crippen LogP contribution >= 0.6 is 0 Å². The molecule has 0 saturated carbocycles. The summed E-state index contributed by atoms with van der Waals surface area (Å²) in [6.45, 7) is 4.58. The number of rotatable bonds is 3. The van der Waals surface area contributed by atoms with Crippen LogP contribution in [0.15, 0.2) is 72.8 Å². The van der Waals surface area contributed by atoms with Crippen molar-refractivity contribution < 1.29 is 9.69 Å². The average molecular weight is 346 g/mol. The minimum absolute atomic E-state index is 0.000106. The Morgan fingerprint density at radius 2 is 1.58 bits per heavy atom. The maximum absolute atomic E-state index is 12.7. The molecule has 1 fully saturated rings. The first-order chi connectivity index (χ1) is 12.8. The van der Waals surface area contributed by atoms with E-state index in [9.17, 15) is 4.79 Å². The van der Waals surface area contributed by atoms with E-state index in [-0.39, 0.29) is 6.03 Å². The van der Waals surface area contributed by atoms with Crippen molar-refractivity contribution in [2.24, 2.45) is 0 Å². The van der Waals surface area contributed by atoms with E-state index in [4.69, 9.17) is 0 Å². The number of carbonyl (C=O) groups is 1. The van der Waals surface area contributed by atoms with Crippen LogP contribution in [0.2, 0.25) is 0 Å². The molecule has 132 valence electrons. The van der Waals surface area contributed by atoms with E-state index in [0.29, 0.717) is 0 Å². The van der Waals surface area contributed by atoms with Gasteiger partial charge in [0.15, 0.2) is 0 Å². The Labute approximate surface area is 154 Å². The van der Waals surface area contributed by atoms with Crippen molar-refractivity contribution in [3.8, 4) is 0 Å². The van der Waals surface area contributed by atoms with Gasteiger partial charge in [0, 0.05) is 10.9 Å². The molecule has 2 N–H and O–H groups in total. The van der Waals surface area contributed by atoms with Crippen molar-refractivity contribution in [3.05, 3.63) is 78.4 Å². The van der Waals surface area contributed by atoms with E-state index in [1.165, 1.54) is 10.5 Å². The fourth-order valence-corrected chi connectivity index (χ4v) is 3.62. The molecule has 4 nitrogen and oxygen atoms in total. The number of hydrogen-bond acceptors (Lipinski definition) is 1. The van der Waals surface area contributed by atoms with E-state index in [0.717, 1.165) is 49.2 Å². The number of nitrogens with one attached hydrogen (secondary N) is 2. The van der Waals surface area contributed by atoms with Gasteiger partial charge in [-0.2, -0.15) is 0 Å². The summed E-state index contributed by atoms with van der Waals surface area (Å²) in [6.07, 6.45) is 0. The van der Waals surface area contributed by atoms with Crippen LogP contribution in [0, 0.1) is 0 Å². The molecule has 0 atom stereocenters. The summed E-state index contributed by atoms with van der Waals surface area (Å²) in [5, 5.41) is 5.32. The van der Waals surface area contributed by atoms with Gasteiger partial charge in [-0.05, 0) is 11.5 Å². The largest absolute Gasteiger partial charge is 0.328 e. The molecule has 3 aromatic carbocycles. The molecule has 0 aliphatic carbocycles. The summed E-state index contributed by atoms with van der Waals surface area (Å²) < 4.78 is 0. The number of urea groups is 1. The number of carbonyl (C=O) groups excluding carboxylic acids is 1. The van der Waals surface area contributed by atoms with E-state index < -0.39 is 0 Å². The number of fused-ring (bicyclic) bond motifs is 1. The first-order valence-corrected chi connectivity index (χ1v) is 9.21. The Bertz CT molecular complexity index is 881. The Kier molecular flexibility index (Phi) is 4.84. The Morgan fingerprint density at radius 1 is 0.885 bits per heavy atom. The number of nitrogens with zero attached hydrogens (tertiary/aromatic N) is 1. The van der Waals surface area contributed by atoms with Gasteiger partial charge in [0.2, 0.25) is 0 Å². The summed E-state index contributed by atoms with van der Waals surface area (Å²) in [6, 6.07) is 24.7. The first-order valence-electron chi connectivity index (χ1n) is 9.21. The summed E-state index contributed by atoms with van der Waals surface area (Å²) in [7, 11) is 0. The molecule has 0 bridgehead atoms. The summed E-state index contributed by atoms with van der Waals surface area (Å²) >= 11 is 0. The van der Waals surface area contributed by atoms with Crippen molar-refractivity contribution >= 4 is 22.5 Å². The normalized spacial score (nSPS) is 15.2. The van der Waals surface area contributed by atoms with Gasteiger partial charge >= 0.3 is 6.03 Å². The van der Waals surface area contributed by atoms with Gasteiger partial charge in [0.25, 0.3) is 0 Å². The van der Waals surface area contributed by atoms with Gasteiger partial charge in [-0.3, -0.25) is 0 Å². The molecule has 1 aliphatic heterocycles. The lowest BCUT2D eigenvalue weighted by molar-refractivity contribution is -0.917. The van der Waals surface area contributed by atoms with Crippen molar-refractivity contribution in [3.63, 3.8) is 0 Å². The molecular formula is C22H24N3O+. The molecule has 26 heavy (non-hydrogen) atoms. The number of piperazine rings is 1. The first kappa shape index (κ1) is 16.6. The monoisotopic (exact) mass is 346 g/mol. The smallest absolute Gasteiger partial charge is 0.322 e. The van der Waals surface area contributed by atoms with Crippen molar-refractivity contribution in [1.29, 1.82) is 0 Å². The highest BCUT2D eigenvalue weighted by Gasteiger charge is 2.24. The van der Waals surface area contributed by atoms with Crippen LogP contribution in [-0.4, -0.2) is 37.1 Å². The number of quaternary nitrogens is 1. The highest BCUT2D eigenvalue weighted by molar-refractivity contribution is 6.01. The standard InChI is InChI=1S/C22H23N3O/c26-22(23-21-12-6-10-19-9-4-5-11-20(19)21)25-15-13-24(14-16-25)17-18-7-2-1-3-8-18/h1-12H,13-17H2,(H,23,26)/p+1. The maximum atomic E-state index is 12.7. The molecule has 1 aliphatic rings. The summed E-state index contributed by atoms with van der Waals surface area (Å²) in [5.74, 6) is 0. The minimum atomic E-state index is 0.000106. The van der Waals surface area contributed by atoms with E-state index in [1.807, 2.05) is 41.3 Å². The third-order valence-electron chi connectivity index (χ3n) is 5.09. The molecule has 0 aromatic heterocycles. The lowest BCUT2D eigenvalue weighted by Gasteiger charge is -2.32. The highest BCUT2D eigenvalue weighted by Crippen LogP contribution is 2.23. The zero-order valence-corrected chi connectivity index (χ0v) is 14.8. The second-order valence-electron chi connectivity index (χ2n) is 6.86. The van der Waals surface area contributed by atoms with Crippen molar-refractivity contribution in [2.45, 2.75) is 6.54 Å². The number of benzene rings is 3. The van der Waals surface area contributed by atoms with Crippen LogP contribution in [0.4, 0.5) is 10.5 Å². The van der Waals surface area contributed by atoms with Crippen LogP contribution in [0.25, 0.3) is 10.8 Å². The number of amides is 2. The summed E-state index contributed by atoms with van der Waals surface area (Å²) in [5.41, 5.74) is 2.24. The van der Waals surface area contributed by atoms with E-state index in [2.05, 4.69) is 41.7 Å². The summed E-state index contributed by atoms with van der Waals surface area (Å²) in [4.78, 5) is 16.1. The topological polar surface area (TPSA) is 36.8 Å². The molecule has 3 aromatic rings. The van der Waals surface area contributed by atoms with Crippen LogP contribution in [0.5, 0.6) is 0 Å². The second-order valence-corrected chi connectivity index (χ2v) is 6.86. The predicted molar refractivity (Wildman–Crippen MR) is 105 cm³/mol. The van der Waals surface area contributed by atoms with Gasteiger partial charge in [-0.1, -0.05) is 66.7 Å². The minimum Gasteiger partial charge on any atom is -0.328 e. The zero-order chi connectivity index (χ0) is 17.8. The average Bonchev–Trinajstić information content (AvgIpc) is 2.70. The Balaban J connectivity index is 1.36. The van der Waals surface area contributed by atoms with Crippen LogP contribution in [0.1, 0.15) is 5.56 Å². The van der Waals surface area contributed by atoms with Crippen LogP contribution < -0.4 is 10.2 Å². The molecule has 0 radical (unpaired) electrons. The van der Waals surface area contributed by atoms with Gasteiger partial charge in [0.05, 0.1) is 31.9 Å². The molecule has 1 saturated heterocycles. The molecule has 4 rings (SSSR count). The fourth-order valence-electron chi connectivity index (χ4n) is 3.62. The zero-order valence-electron chi connectivity index (χ0n) is 14.8. The van der Waals surface area contributed by atoms with Crippen molar-refractivity contribution in [1.82, 2.24) is 4.90 Å². The van der Waals surface area contributed by atoms with E-state index in [1.54, 1.807) is 0 Å². The maximum Gasteiger partial charge on any atom is 0.322 e. The molecule has 0 spiro atoms. The van der Waals surface area contributed by atoms with Gasteiger partial charge in [0.1, 0.15) is 6.54 Å². The third kappa shape index (κ3) is 3.70. The van der Waals surface area contributed by atoms with Gasteiger partial charge in [-0.15, -0.1) is 0 Å². The molecule has 2 amide bonds. The Hall–Kier alpha value is -2.85. The molecule has 1 heterocycles. The predicted octanol–water partition coefficient (Wildman–Crippen LogP) is 2.77. The second kappa shape index (κ2) is 7.58. The van der Waals surface area contributed by atoms with Crippen LogP contribution in [0.3, 0.4) is 0 Å². The third-order valence-corrected chi connectivity index (χ3v) is 5.09. The lowest BCUT2D eigenvalue weighted by atomic mass is 10.1. The molecule has 0 unspecified atom stereocenters. The molecule has 4 heteroatoms. The lowest BCUT2D eigenvalue weighted by Crippen LogP contribution is -3.13. The van der Waals surface area contributed by atoms with Gasteiger partial charge < -0.3 is 15.1 Å². The van der Waals surface area contributed by atoms with Gasteiger partial charge in [-0.25, -0.2) is 4.79 Å².